The first-order chi connectivity index (χ1) is 10.4. The Hall–Kier alpha value is -1.57. The Bertz CT molecular complexity index is 638. The molecule has 0 unspecified atom stereocenters. The Morgan fingerprint density at radius 2 is 1.86 bits per heavy atom. The summed E-state index contributed by atoms with van der Waals surface area (Å²) in [4.78, 5) is 11.9. The van der Waals surface area contributed by atoms with Gasteiger partial charge in [0.1, 0.15) is 0 Å². The average Bonchev–Trinajstić information content (AvgIpc) is 2.50. The number of nitrogens with one attached hydrogen (secondary N) is 2. The number of amides is 2. The molecule has 120 valence electrons. The molecule has 0 radical (unpaired) electrons. The number of carbonyl (C=O) groups is 1. The SMILES string of the molecule is C=CS(=O)(=O)N1CCC(NC(=O)Nc2ccc(Cl)cc2)CC1. The molecule has 1 fully saturated rings. The quantitative estimate of drug-likeness (QED) is 0.881. The molecule has 0 spiro atoms. The smallest absolute Gasteiger partial charge is 0.319 e. The molecular formula is C14H18ClN3O3S. The lowest BCUT2D eigenvalue weighted by Gasteiger charge is -2.30. The van der Waals surface area contributed by atoms with Crippen molar-refractivity contribution in [3.8, 4) is 0 Å². The number of halogens is 1. The van der Waals surface area contributed by atoms with Crippen LogP contribution in [-0.2, 0) is 10.0 Å². The van der Waals surface area contributed by atoms with Crippen LogP contribution in [0.4, 0.5) is 10.5 Å². The maximum absolute atomic E-state index is 11.9. The summed E-state index contributed by atoms with van der Waals surface area (Å²) in [5, 5.41) is 7.11. The highest BCUT2D eigenvalue weighted by Crippen LogP contribution is 2.16. The van der Waals surface area contributed by atoms with Crippen LogP contribution in [0.2, 0.25) is 5.02 Å². The molecule has 0 aliphatic carbocycles. The summed E-state index contributed by atoms with van der Waals surface area (Å²) < 4.78 is 24.7. The van der Waals surface area contributed by atoms with E-state index in [1.807, 2.05) is 0 Å². The van der Waals surface area contributed by atoms with E-state index in [1.165, 1.54) is 4.31 Å². The number of hydrogen-bond acceptors (Lipinski definition) is 3. The van der Waals surface area contributed by atoms with Gasteiger partial charge in [0.05, 0.1) is 0 Å². The zero-order valence-corrected chi connectivity index (χ0v) is 13.5. The molecule has 1 heterocycles. The fraction of sp³-hybridized carbons (Fsp3) is 0.357. The van der Waals surface area contributed by atoms with E-state index in [-0.39, 0.29) is 12.1 Å². The molecule has 1 aliphatic heterocycles. The third-order valence-corrected chi connectivity index (χ3v) is 5.22. The second-order valence-electron chi connectivity index (χ2n) is 4.99. The van der Waals surface area contributed by atoms with Crippen LogP contribution in [-0.4, -0.2) is 37.9 Å². The molecule has 0 atom stereocenters. The molecule has 2 amide bonds. The first-order valence-corrected chi connectivity index (χ1v) is 8.74. The summed E-state index contributed by atoms with van der Waals surface area (Å²) in [6.45, 7) is 4.06. The number of benzene rings is 1. The van der Waals surface area contributed by atoms with Gasteiger partial charge in [-0.2, -0.15) is 4.31 Å². The van der Waals surface area contributed by atoms with E-state index >= 15 is 0 Å². The third kappa shape index (κ3) is 4.46. The van der Waals surface area contributed by atoms with Crippen molar-refractivity contribution in [2.45, 2.75) is 18.9 Å². The van der Waals surface area contributed by atoms with Gasteiger partial charge in [-0.3, -0.25) is 0 Å². The van der Waals surface area contributed by atoms with Gasteiger partial charge in [0, 0.05) is 35.2 Å². The number of rotatable bonds is 4. The maximum atomic E-state index is 11.9. The lowest BCUT2D eigenvalue weighted by Crippen LogP contribution is -2.47. The van der Waals surface area contributed by atoms with Crippen LogP contribution in [0.25, 0.3) is 0 Å². The minimum absolute atomic E-state index is 0.0523. The summed E-state index contributed by atoms with van der Waals surface area (Å²) >= 11 is 5.78. The first kappa shape index (κ1) is 16.8. The minimum atomic E-state index is -3.37. The fourth-order valence-corrected chi connectivity index (χ4v) is 3.30. The zero-order valence-electron chi connectivity index (χ0n) is 12.0. The van der Waals surface area contributed by atoms with Gasteiger partial charge in [0.2, 0.25) is 10.0 Å². The topological polar surface area (TPSA) is 78.5 Å². The summed E-state index contributed by atoms with van der Waals surface area (Å²) in [5.41, 5.74) is 0.647. The van der Waals surface area contributed by atoms with E-state index in [1.54, 1.807) is 24.3 Å². The van der Waals surface area contributed by atoms with Crippen molar-refractivity contribution in [2.75, 3.05) is 18.4 Å². The maximum Gasteiger partial charge on any atom is 0.319 e. The molecule has 0 bridgehead atoms. The molecule has 2 N–H and O–H groups in total. The van der Waals surface area contributed by atoms with Crippen molar-refractivity contribution >= 4 is 33.3 Å². The Balaban J connectivity index is 1.82. The van der Waals surface area contributed by atoms with Gasteiger partial charge in [0.25, 0.3) is 0 Å². The average molecular weight is 344 g/mol. The van der Waals surface area contributed by atoms with Crippen molar-refractivity contribution in [3.63, 3.8) is 0 Å². The molecule has 8 heteroatoms. The predicted molar refractivity (Wildman–Crippen MR) is 87.3 cm³/mol. The van der Waals surface area contributed by atoms with Gasteiger partial charge in [-0.15, -0.1) is 0 Å². The highest BCUT2D eigenvalue weighted by molar-refractivity contribution is 7.92. The normalized spacial score (nSPS) is 17.0. The van der Waals surface area contributed by atoms with Gasteiger partial charge in [-0.05, 0) is 37.1 Å². The van der Waals surface area contributed by atoms with Crippen LogP contribution in [0, 0.1) is 0 Å². The molecule has 1 aromatic rings. The van der Waals surface area contributed by atoms with E-state index in [2.05, 4.69) is 17.2 Å². The summed E-state index contributed by atoms with van der Waals surface area (Å²) in [7, 11) is -3.37. The number of urea groups is 1. The Labute approximate surface area is 135 Å². The van der Waals surface area contributed by atoms with Crippen molar-refractivity contribution in [3.05, 3.63) is 41.3 Å². The zero-order chi connectivity index (χ0) is 16.2. The molecule has 0 saturated carbocycles. The third-order valence-electron chi connectivity index (χ3n) is 3.46. The van der Waals surface area contributed by atoms with Crippen LogP contribution in [0.15, 0.2) is 36.3 Å². The second-order valence-corrected chi connectivity index (χ2v) is 7.31. The lowest BCUT2D eigenvalue weighted by molar-refractivity contribution is 0.238. The molecule has 22 heavy (non-hydrogen) atoms. The first-order valence-electron chi connectivity index (χ1n) is 6.86. The summed E-state index contributed by atoms with van der Waals surface area (Å²) in [6, 6.07) is 6.43. The predicted octanol–water partition coefficient (Wildman–Crippen LogP) is 2.40. The molecule has 1 aromatic carbocycles. The molecular weight excluding hydrogens is 326 g/mol. The summed E-state index contributed by atoms with van der Waals surface area (Å²) in [6.07, 6.45) is 1.14. The summed E-state index contributed by atoms with van der Waals surface area (Å²) in [5.74, 6) is 0. The Morgan fingerprint density at radius 1 is 1.27 bits per heavy atom. The molecule has 0 aromatic heterocycles. The van der Waals surface area contributed by atoms with E-state index < -0.39 is 10.0 Å². The van der Waals surface area contributed by atoms with Crippen LogP contribution in [0.1, 0.15) is 12.8 Å². The van der Waals surface area contributed by atoms with Crippen molar-refractivity contribution in [1.29, 1.82) is 0 Å². The van der Waals surface area contributed by atoms with Gasteiger partial charge >= 0.3 is 6.03 Å². The Morgan fingerprint density at radius 3 is 2.41 bits per heavy atom. The standard InChI is InChI=1S/C14H18ClN3O3S/c1-2-22(20,21)18-9-7-13(8-10-18)17-14(19)16-12-5-3-11(15)4-6-12/h2-6,13H,1,7-10H2,(H2,16,17,19). The minimum Gasteiger partial charge on any atom is -0.335 e. The number of carbonyl (C=O) groups excluding carboxylic acids is 1. The monoisotopic (exact) mass is 343 g/mol. The largest absolute Gasteiger partial charge is 0.335 e. The van der Waals surface area contributed by atoms with E-state index in [4.69, 9.17) is 11.6 Å². The van der Waals surface area contributed by atoms with Gasteiger partial charge < -0.3 is 10.6 Å². The van der Waals surface area contributed by atoms with Crippen molar-refractivity contribution in [2.24, 2.45) is 0 Å². The van der Waals surface area contributed by atoms with Crippen LogP contribution in [0.3, 0.4) is 0 Å². The van der Waals surface area contributed by atoms with Crippen molar-refractivity contribution < 1.29 is 13.2 Å². The highest BCUT2D eigenvalue weighted by atomic mass is 35.5. The molecule has 1 saturated heterocycles. The second kappa shape index (κ2) is 7.13. The fourth-order valence-electron chi connectivity index (χ4n) is 2.25. The molecule has 1 aliphatic rings. The van der Waals surface area contributed by atoms with E-state index in [0.717, 1.165) is 5.41 Å². The number of piperidine rings is 1. The number of sulfonamides is 1. The van der Waals surface area contributed by atoms with Gasteiger partial charge in [0.15, 0.2) is 0 Å². The number of anilines is 1. The van der Waals surface area contributed by atoms with Crippen molar-refractivity contribution in [1.82, 2.24) is 9.62 Å². The van der Waals surface area contributed by atoms with Crippen LogP contribution in [0.5, 0.6) is 0 Å². The Kier molecular flexibility index (Phi) is 5.44. The number of nitrogens with zero attached hydrogens (tertiary/aromatic N) is 1. The van der Waals surface area contributed by atoms with E-state index in [0.29, 0.717) is 36.6 Å². The van der Waals surface area contributed by atoms with Gasteiger partial charge in [-0.1, -0.05) is 18.2 Å². The van der Waals surface area contributed by atoms with Crippen LogP contribution < -0.4 is 10.6 Å². The highest BCUT2D eigenvalue weighted by Gasteiger charge is 2.26. The van der Waals surface area contributed by atoms with Crippen LogP contribution >= 0.6 is 11.6 Å². The van der Waals surface area contributed by atoms with Gasteiger partial charge in [-0.25, -0.2) is 13.2 Å². The molecule has 2 rings (SSSR count). The molecule has 6 nitrogen and oxygen atoms in total. The number of hydrogen-bond donors (Lipinski definition) is 2. The lowest BCUT2D eigenvalue weighted by atomic mass is 10.1. The van der Waals surface area contributed by atoms with E-state index in [9.17, 15) is 13.2 Å².